The first-order chi connectivity index (χ1) is 6.35. The lowest BCUT2D eigenvalue weighted by atomic mass is 10.1. The number of hydrogen-bond acceptors (Lipinski definition) is 3. The molecule has 1 spiro atoms. The maximum absolute atomic E-state index is 8.95. The molecule has 13 heavy (non-hydrogen) atoms. The summed E-state index contributed by atoms with van der Waals surface area (Å²) in [6.45, 7) is 0.651. The van der Waals surface area contributed by atoms with E-state index in [0.717, 1.165) is 12.8 Å². The first kappa shape index (κ1) is 9.44. The second-order valence-corrected chi connectivity index (χ2v) is 4.06. The number of hydrogen-bond donors (Lipinski definition) is 1. The summed E-state index contributed by atoms with van der Waals surface area (Å²) in [5.74, 6) is -0.329. The van der Waals surface area contributed by atoms with E-state index in [1.54, 1.807) is 0 Å². The Morgan fingerprint density at radius 2 is 1.85 bits per heavy atom. The monoisotopic (exact) mass is 186 g/mol. The third kappa shape index (κ3) is 2.03. The molecule has 0 aromatic rings. The highest BCUT2D eigenvalue weighted by Gasteiger charge is 2.40. The summed E-state index contributed by atoms with van der Waals surface area (Å²) in [5.41, 5.74) is 0. The van der Waals surface area contributed by atoms with Gasteiger partial charge in [-0.1, -0.05) is 12.8 Å². The topological polar surface area (TPSA) is 38.7 Å². The van der Waals surface area contributed by atoms with Crippen molar-refractivity contribution in [3.63, 3.8) is 0 Å². The molecule has 0 aromatic carbocycles. The third-order valence-electron chi connectivity index (χ3n) is 2.98. The van der Waals surface area contributed by atoms with Gasteiger partial charge in [0.25, 0.3) is 0 Å². The SMILES string of the molecule is OCC1COC2(CCCCCC2)O1. The first-order valence-electron chi connectivity index (χ1n) is 5.27. The van der Waals surface area contributed by atoms with Gasteiger partial charge in [-0.2, -0.15) is 0 Å². The molecule has 0 radical (unpaired) electrons. The molecule has 3 nitrogen and oxygen atoms in total. The average molecular weight is 186 g/mol. The van der Waals surface area contributed by atoms with Crippen molar-refractivity contribution in [3.05, 3.63) is 0 Å². The minimum absolute atomic E-state index is 0.0851. The fraction of sp³-hybridized carbons (Fsp3) is 1.00. The zero-order chi connectivity index (χ0) is 9.15. The van der Waals surface area contributed by atoms with Gasteiger partial charge in [0.05, 0.1) is 13.2 Å². The highest BCUT2D eigenvalue weighted by atomic mass is 16.7. The number of aliphatic hydroxyl groups is 1. The van der Waals surface area contributed by atoms with Gasteiger partial charge in [-0.3, -0.25) is 0 Å². The Labute approximate surface area is 79.0 Å². The van der Waals surface area contributed by atoms with Gasteiger partial charge in [0.1, 0.15) is 6.10 Å². The Bertz CT molecular complexity index is 162. The van der Waals surface area contributed by atoms with Crippen LogP contribution < -0.4 is 0 Å². The summed E-state index contributed by atoms with van der Waals surface area (Å²) >= 11 is 0. The average Bonchev–Trinajstić information content (AvgIpc) is 2.40. The van der Waals surface area contributed by atoms with Crippen LogP contribution in [0, 0.1) is 0 Å². The van der Waals surface area contributed by atoms with E-state index in [4.69, 9.17) is 14.6 Å². The third-order valence-corrected chi connectivity index (χ3v) is 2.98. The zero-order valence-corrected chi connectivity index (χ0v) is 8.00. The predicted molar refractivity (Wildman–Crippen MR) is 48.3 cm³/mol. The Morgan fingerprint density at radius 1 is 1.15 bits per heavy atom. The summed E-state index contributed by atoms with van der Waals surface area (Å²) < 4.78 is 11.4. The normalized spacial score (nSPS) is 33.5. The molecule has 1 atom stereocenters. The second kappa shape index (κ2) is 3.95. The standard InChI is InChI=1S/C10H18O3/c11-7-9-8-12-10(13-9)5-3-1-2-4-6-10/h9,11H,1-8H2. The largest absolute Gasteiger partial charge is 0.394 e. The van der Waals surface area contributed by atoms with Crippen LogP contribution in [-0.2, 0) is 9.47 Å². The van der Waals surface area contributed by atoms with Crippen LogP contribution in [0.3, 0.4) is 0 Å². The van der Waals surface area contributed by atoms with Crippen molar-refractivity contribution in [2.75, 3.05) is 13.2 Å². The van der Waals surface area contributed by atoms with E-state index in [9.17, 15) is 0 Å². The van der Waals surface area contributed by atoms with Gasteiger partial charge in [0.15, 0.2) is 5.79 Å². The lowest BCUT2D eigenvalue weighted by Crippen LogP contribution is -2.30. The molecule has 2 fully saturated rings. The molecule has 1 N–H and O–H groups in total. The predicted octanol–water partition coefficient (Wildman–Crippen LogP) is 1.44. The van der Waals surface area contributed by atoms with E-state index in [-0.39, 0.29) is 18.5 Å². The van der Waals surface area contributed by atoms with E-state index in [1.165, 1.54) is 25.7 Å². The molecular weight excluding hydrogens is 168 g/mol. The van der Waals surface area contributed by atoms with Gasteiger partial charge < -0.3 is 14.6 Å². The van der Waals surface area contributed by atoms with Crippen LogP contribution in [-0.4, -0.2) is 30.2 Å². The quantitative estimate of drug-likeness (QED) is 0.673. The summed E-state index contributed by atoms with van der Waals surface area (Å²) in [4.78, 5) is 0. The van der Waals surface area contributed by atoms with Crippen LogP contribution in [0.4, 0.5) is 0 Å². The highest BCUT2D eigenvalue weighted by Crippen LogP contribution is 2.36. The van der Waals surface area contributed by atoms with Crippen molar-refractivity contribution in [3.8, 4) is 0 Å². The van der Waals surface area contributed by atoms with Crippen LogP contribution in [0.2, 0.25) is 0 Å². The van der Waals surface area contributed by atoms with Gasteiger partial charge in [-0.15, -0.1) is 0 Å². The summed E-state index contributed by atoms with van der Waals surface area (Å²) in [6, 6.07) is 0. The molecule has 0 aromatic heterocycles. The van der Waals surface area contributed by atoms with E-state index in [2.05, 4.69) is 0 Å². The maximum atomic E-state index is 8.95. The molecule has 0 bridgehead atoms. The summed E-state index contributed by atoms with van der Waals surface area (Å²) in [6.07, 6.45) is 6.89. The van der Waals surface area contributed by atoms with Crippen LogP contribution in [0.15, 0.2) is 0 Å². The molecule has 2 aliphatic rings. The van der Waals surface area contributed by atoms with Gasteiger partial charge in [-0.25, -0.2) is 0 Å². The van der Waals surface area contributed by atoms with E-state index < -0.39 is 0 Å². The molecule has 0 amide bonds. The Morgan fingerprint density at radius 3 is 2.38 bits per heavy atom. The Balaban J connectivity index is 1.95. The van der Waals surface area contributed by atoms with Crippen molar-refractivity contribution in [1.29, 1.82) is 0 Å². The summed E-state index contributed by atoms with van der Waals surface area (Å²) in [7, 11) is 0. The van der Waals surface area contributed by atoms with Gasteiger partial charge >= 0.3 is 0 Å². The van der Waals surface area contributed by atoms with Gasteiger partial charge in [-0.05, 0) is 12.8 Å². The first-order valence-corrected chi connectivity index (χ1v) is 5.27. The van der Waals surface area contributed by atoms with Crippen molar-refractivity contribution in [2.45, 2.75) is 50.4 Å². The molecule has 1 saturated carbocycles. The van der Waals surface area contributed by atoms with E-state index in [1.807, 2.05) is 0 Å². The number of aliphatic hydroxyl groups excluding tert-OH is 1. The highest BCUT2D eigenvalue weighted by molar-refractivity contribution is 4.80. The smallest absolute Gasteiger partial charge is 0.169 e. The van der Waals surface area contributed by atoms with Crippen LogP contribution in [0.25, 0.3) is 0 Å². The van der Waals surface area contributed by atoms with Crippen LogP contribution in [0.1, 0.15) is 38.5 Å². The molecular formula is C10H18O3. The van der Waals surface area contributed by atoms with Gasteiger partial charge in [0.2, 0.25) is 0 Å². The van der Waals surface area contributed by atoms with Crippen molar-refractivity contribution in [2.24, 2.45) is 0 Å². The lowest BCUT2D eigenvalue weighted by molar-refractivity contribution is -0.179. The molecule has 1 heterocycles. The molecule has 1 saturated heterocycles. The van der Waals surface area contributed by atoms with Crippen LogP contribution in [0.5, 0.6) is 0 Å². The summed E-state index contributed by atoms with van der Waals surface area (Å²) in [5, 5.41) is 8.95. The molecule has 1 unspecified atom stereocenters. The molecule has 2 rings (SSSR count). The molecule has 1 aliphatic heterocycles. The molecule has 76 valence electrons. The van der Waals surface area contributed by atoms with Crippen molar-refractivity contribution in [1.82, 2.24) is 0 Å². The number of ether oxygens (including phenoxy) is 2. The second-order valence-electron chi connectivity index (χ2n) is 4.06. The van der Waals surface area contributed by atoms with Crippen molar-refractivity contribution >= 4 is 0 Å². The van der Waals surface area contributed by atoms with Crippen molar-refractivity contribution < 1.29 is 14.6 Å². The van der Waals surface area contributed by atoms with Crippen LogP contribution >= 0.6 is 0 Å². The molecule has 3 heteroatoms. The molecule has 1 aliphatic carbocycles. The minimum Gasteiger partial charge on any atom is -0.394 e. The number of rotatable bonds is 1. The van der Waals surface area contributed by atoms with E-state index >= 15 is 0 Å². The van der Waals surface area contributed by atoms with E-state index in [0.29, 0.717) is 6.61 Å². The van der Waals surface area contributed by atoms with Gasteiger partial charge in [0, 0.05) is 12.8 Å². The lowest BCUT2D eigenvalue weighted by Gasteiger charge is -2.26. The Hall–Kier alpha value is -0.120. The maximum Gasteiger partial charge on any atom is 0.169 e. The minimum atomic E-state index is -0.329. The zero-order valence-electron chi connectivity index (χ0n) is 8.00. The Kier molecular flexibility index (Phi) is 2.86. The fourth-order valence-electron chi connectivity index (χ4n) is 2.24. The fourth-order valence-corrected chi connectivity index (χ4v) is 2.24.